The minimum absolute atomic E-state index is 0.000432. The van der Waals surface area contributed by atoms with Gasteiger partial charge in [0.25, 0.3) is 23.6 Å². The number of nitrogens with zero attached hydrogens (tertiary/aromatic N) is 2. The number of nitrogens with two attached hydrogens (primary N) is 1. The van der Waals surface area contributed by atoms with E-state index in [1.165, 1.54) is 73.4 Å². The number of para-hydroxylation sites is 1. The van der Waals surface area contributed by atoms with E-state index in [9.17, 15) is 24.0 Å². The van der Waals surface area contributed by atoms with Gasteiger partial charge in [-0.15, -0.1) is 0 Å². The topological polar surface area (TPSA) is 260 Å². The molecule has 486 valence electrons. The molecule has 2 heterocycles. The molecule has 0 saturated heterocycles. The molecule has 6 aromatic carbocycles. The average molecular weight is 1250 g/mol. The molecule has 3 aliphatic carbocycles. The predicted octanol–water partition coefficient (Wildman–Crippen LogP) is 11.5. The lowest BCUT2D eigenvalue weighted by atomic mass is 9.94. The van der Waals surface area contributed by atoms with Gasteiger partial charge in [0.1, 0.15) is 29.4 Å². The summed E-state index contributed by atoms with van der Waals surface area (Å²) in [6.07, 6.45) is 19.6. The minimum atomic E-state index is -0.163. The molecule has 8 aromatic rings. The van der Waals surface area contributed by atoms with Crippen molar-refractivity contribution in [1.82, 2.24) is 35.8 Å². The Kier molecular flexibility index (Phi) is 24.7. The zero-order chi connectivity index (χ0) is 64.8. The Labute approximate surface area is 540 Å². The van der Waals surface area contributed by atoms with Crippen molar-refractivity contribution in [2.75, 3.05) is 50.5 Å². The second-order valence-corrected chi connectivity index (χ2v) is 24.6. The summed E-state index contributed by atoms with van der Waals surface area (Å²) >= 11 is 0. The summed E-state index contributed by atoms with van der Waals surface area (Å²) in [6, 6.07) is 41.4. The molecule has 18 heteroatoms. The summed E-state index contributed by atoms with van der Waals surface area (Å²) in [5, 5.41) is 16.6. The van der Waals surface area contributed by atoms with E-state index in [2.05, 4.69) is 79.1 Å². The van der Waals surface area contributed by atoms with E-state index >= 15 is 0 Å². The van der Waals surface area contributed by atoms with Gasteiger partial charge in [-0.25, -0.2) is 4.98 Å². The maximum atomic E-state index is 13.4. The molecule has 92 heavy (non-hydrogen) atoms. The number of aromatic amines is 1. The van der Waals surface area contributed by atoms with Crippen molar-refractivity contribution in [3.8, 4) is 28.6 Å². The van der Waals surface area contributed by atoms with Crippen LogP contribution >= 0.6 is 0 Å². The van der Waals surface area contributed by atoms with Crippen molar-refractivity contribution in [2.24, 2.45) is 5.92 Å². The lowest BCUT2D eigenvalue weighted by Gasteiger charge is -2.25. The van der Waals surface area contributed by atoms with Gasteiger partial charge in [-0.1, -0.05) is 69.7 Å². The number of nitrogen functional groups attached to an aromatic ring is 1. The van der Waals surface area contributed by atoms with Crippen LogP contribution in [0.1, 0.15) is 159 Å². The number of carbonyl (C=O) groups excluding carboxylic acids is 5. The maximum absolute atomic E-state index is 13.4. The van der Waals surface area contributed by atoms with Crippen molar-refractivity contribution in [2.45, 2.75) is 148 Å². The van der Waals surface area contributed by atoms with E-state index in [0.717, 1.165) is 90.6 Å². The number of amides is 4. The average Bonchev–Trinajstić information content (AvgIpc) is 1.64. The Balaban J connectivity index is 0.000000181. The largest absolute Gasteiger partial charge is 0.494 e. The molecule has 2 fully saturated rings. The molecule has 11 rings (SSSR count). The predicted molar refractivity (Wildman–Crippen MR) is 365 cm³/mol. The number of ether oxygens (including phenoxy) is 3. The van der Waals surface area contributed by atoms with E-state index in [4.69, 9.17) is 24.9 Å². The highest BCUT2D eigenvalue weighted by molar-refractivity contribution is 5.98. The quantitative estimate of drug-likeness (QED) is 0.0197. The van der Waals surface area contributed by atoms with Crippen LogP contribution in [0.4, 0.5) is 11.4 Å². The molecule has 3 aliphatic rings. The Morgan fingerprint density at radius 1 is 0.696 bits per heavy atom. The van der Waals surface area contributed by atoms with Crippen LogP contribution < -0.4 is 52.3 Å². The van der Waals surface area contributed by atoms with Crippen molar-refractivity contribution in [1.29, 1.82) is 0 Å². The number of imidazole rings is 1. The monoisotopic (exact) mass is 1250 g/mol. The zero-order valence-electron chi connectivity index (χ0n) is 54.0. The fraction of sp³-hybridized carbons (Fsp3) is 0.405. The van der Waals surface area contributed by atoms with E-state index in [1.54, 1.807) is 30.3 Å². The number of fused-ring (bicyclic) bond motifs is 3. The molecule has 3 atom stereocenters. The standard InChI is InChI=1S/C35H40N6O3.C27H37N3O2.C12H15NO3/c1-23(19-26-21-38-30-10-6-5-9-29(26)30)39-35(43)25-13-16-32-31(20-25)40-34(41(32)27-7-3-2-4-8-27)24-11-14-28(15-12-24)44-22-33(42)37-18-17-36;1-3-32-24-11-9-20-14-19(15-22(20)16-24)13-18(2)29-27(31)21-10-12-26(25(28)17-21)30-23-7-5-4-6-8-23;1-2-7-13-12(15)9-16-11-5-3-10(8-14)4-6-11/h5-6,9-16,20-21,23,27,38H,2-4,7-8,17-19,22,36H2,1H3,(H,37,42)(H,39,43);9-12,16-19,23,30H,3-8,13-15,28H2,1-2H3,(H,29,31);3-6,8H,2,7,9H2,1H3,(H,13,15)/p+1/t23-;18-,19?;/m11./s1. The van der Waals surface area contributed by atoms with Gasteiger partial charge in [0.15, 0.2) is 13.2 Å². The van der Waals surface area contributed by atoms with Gasteiger partial charge in [0, 0.05) is 70.1 Å². The number of hydrogen-bond acceptors (Lipinski definition) is 11. The Morgan fingerprint density at radius 2 is 1.33 bits per heavy atom. The van der Waals surface area contributed by atoms with Crippen LogP contribution in [0.2, 0.25) is 0 Å². The number of nitrogens with one attached hydrogen (secondary N) is 6. The van der Waals surface area contributed by atoms with Gasteiger partial charge in [0.2, 0.25) is 0 Å². The summed E-state index contributed by atoms with van der Waals surface area (Å²) in [5.74, 6) is 3.13. The number of aldehydes is 1. The molecule has 1 unspecified atom stereocenters. The number of benzene rings is 6. The van der Waals surface area contributed by atoms with Gasteiger partial charge < -0.3 is 61.8 Å². The molecule has 0 radical (unpaired) electrons. The molecule has 0 spiro atoms. The summed E-state index contributed by atoms with van der Waals surface area (Å²) in [5.41, 5.74) is 21.3. The molecule has 4 amide bonds. The molecular formula is C74H93N10O8+. The first-order valence-electron chi connectivity index (χ1n) is 33.1. The number of carbonyl (C=O) groups is 5. The number of rotatable bonds is 25. The summed E-state index contributed by atoms with van der Waals surface area (Å²) in [7, 11) is 0. The second kappa shape index (κ2) is 33.8. The third kappa shape index (κ3) is 19.0. The zero-order valence-corrected chi connectivity index (χ0v) is 54.0. The van der Waals surface area contributed by atoms with Crippen LogP contribution in [0.3, 0.4) is 0 Å². The smallest absolute Gasteiger partial charge is 0.258 e. The Morgan fingerprint density at radius 3 is 2.00 bits per heavy atom. The highest BCUT2D eigenvalue weighted by Crippen LogP contribution is 2.38. The first-order valence-corrected chi connectivity index (χ1v) is 33.1. The first kappa shape index (κ1) is 67.2. The van der Waals surface area contributed by atoms with E-state index < -0.39 is 0 Å². The SMILES string of the molecule is CCCNC(=O)COc1ccc(C=O)cc1.CCOc1ccc2c(c1)CC(C[C@@H](C)NC(=O)c1ccc(NC3CCCCC3)c(N)c1)C2.C[C@H](Cc1c[nH]c2ccccc12)NC(=O)c1ccc2c(c1)nc(-c1ccc(OCC(=O)NCC[NH3+])cc1)n2C1CCCCC1. The molecule has 0 bridgehead atoms. The fourth-order valence-electron chi connectivity index (χ4n) is 12.7. The molecule has 11 N–H and O–H groups in total. The normalized spacial score (nSPS) is 15.3. The van der Waals surface area contributed by atoms with Crippen LogP contribution in [0.5, 0.6) is 17.2 Å². The van der Waals surface area contributed by atoms with Gasteiger partial charge in [-0.3, -0.25) is 24.0 Å². The van der Waals surface area contributed by atoms with Crippen LogP contribution in [-0.4, -0.2) is 102 Å². The van der Waals surface area contributed by atoms with Gasteiger partial charge in [-0.05, 0) is 204 Å². The van der Waals surface area contributed by atoms with E-state index in [0.29, 0.717) is 78.1 Å². The summed E-state index contributed by atoms with van der Waals surface area (Å²) < 4.78 is 18.9. The van der Waals surface area contributed by atoms with E-state index in [-0.39, 0.29) is 48.9 Å². The van der Waals surface area contributed by atoms with E-state index in [1.807, 2.05) is 93.7 Å². The van der Waals surface area contributed by atoms with Crippen molar-refractivity contribution < 1.29 is 43.9 Å². The van der Waals surface area contributed by atoms with Crippen LogP contribution in [0, 0.1) is 5.92 Å². The van der Waals surface area contributed by atoms with Crippen molar-refractivity contribution >= 4 is 63.2 Å². The summed E-state index contributed by atoms with van der Waals surface area (Å²) in [4.78, 5) is 68.1. The van der Waals surface area contributed by atoms with Crippen molar-refractivity contribution in [3.05, 3.63) is 167 Å². The number of H-pyrrole nitrogens is 1. The second-order valence-electron chi connectivity index (χ2n) is 24.6. The lowest BCUT2D eigenvalue weighted by molar-refractivity contribution is -0.364. The third-order valence-electron chi connectivity index (χ3n) is 17.3. The maximum Gasteiger partial charge on any atom is 0.258 e. The number of quaternary nitrogens is 1. The fourth-order valence-corrected chi connectivity index (χ4v) is 12.7. The van der Waals surface area contributed by atoms with Crippen LogP contribution in [0.15, 0.2) is 134 Å². The molecular weight excluding hydrogens is 1160 g/mol. The number of hydrogen-bond donors (Lipinski definition) is 8. The van der Waals surface area contributed by atoms with Crippen LogP contribution in [-0.2, 0) is 28.9 Å². The highest BCUT2D eigenvalue weighted by Gasteiger charge is 2.27. The number of anilines is 2. The molecule has 0 aliphatic heterocycles. The van der Waals surface area contributed by atoms with Gasteiger partial charge in [0.05, 0.1) is 42.1 Å². The Hall–Kier alpha value is -9.16. The van der Waals surface area contributed by atoms with Gasteiger partial charge in [-0.2, -0.15) is 0 Å². The Bertz CT molecular complexity index is 3720. The minimum Gasteiger partial charge on any atom is -0.494 e. The highest BCUT2D eigenvalue weighted by atomic mass is 16.5. The lowest BCUT2D eigenvalue weighted by Crippen LogP contribution is -2.55. The van der Waals surface area contributed by atoms with Crippen LogP contribution in [0.25, 0.3) is 33.3 Å². The number of aromatic nitrogens is 3. The summed E-state index contributed by atoms with van der Waals surface area (Å²) in [6.45, 7) is 10.6. The van der Waals surface area contributed by atoms with Gasteiger partial charge >= 0.3 is 0 Å². The molecule has 18 nitrogen and oxygen atoms in total. The first-order chi connectivity index (χ1) is 44.8. The molecule has 2 aromatic heterocycles. The van der Waals surface area contributed by atoms with Crippen molar-refractivity contribution in [3.63, 3.8) is 0 Å². The third-order valence-corrected chi connectivity index (χ3v) is 17.3. The molecule has 2 saturated carbocycles.